The van der Waals surface area contributed by atoms with E-state index < -0.39 is 59.2 Å². The molecule has 0 spiro atoms. The number of para-hydroxylation sites is 2. The normalized spacial score (nSPS) is 11.2. The number of rotatable bonds is 16. The van der Waals surface area contributed by atoms with E-state index in [1.54, 1.807) is 72.8 Å². The van der Waals surface area contributed by atoms with Crippen molar-refractivity contribution in [1.82, 2.24) is 0 Å². The minimum Gasteiger partial charge on any atom is -0.478 e. The average Bonchev–Trinajstić information content (AvgIpc) is 3.19. The van der Waals surface area contributed by atoms with Gasteiger partial charge in [-0.25, -0.2) is 39.6 Å². The molecular weight excluding hydrogens is 806 g/mol. The summed E-state index contributed by atoms with van der Waals surface area (Å²) in [6, 6.07) is 34.6. The summed E-state index contributed by atoms with van der Waals surface area (Å²) in [4.78, 5) is 20.8. The highest BCUT2D eigenvalue weighted by atomic mass is 32.2. The zero-order chi connectivity index (χ0) is 42.6. The van der Waals surface area contributed by atoms with Crippen LogP contribution in [0.3, 0.4) is 0 Å². The Bertz CT molecular complexity index is 2640. The fourth-order valence-electron chi connectivity index (χ4n) is 6.02. The number of nitrogens with one attached hydrogen (secondary N) is 2. The first-order valence-electron chi connectivity index (χ1n) is 18.2. The van der Waals surface area contributed by atoms with Crippen molar-refractivity contribution >= 4 is 43.4 Å². The average molecular weight is 845 g/mol. The molecule has 0 aliphatic heterocycles. The number of carbonyl (C=O) groups is 2. The number of hydrogen-bond donors (Lipinski definition) is 4. The van der Waals surface area contributed by atoms with E-state index in [1.165, 1.54) is 30.3 Å². The van der Waals surface area contributed by atoms with Crippen molar-refractivity contribution in [1.29, 1.82) is 0 Å². The van der Waals surface area contributed by atoms with Gasteiger partial charge in [0.1, 0.15) is 27.2 Å². The monoisotopic (exact) mass is 844 g/mol. The van der Waals surface area contributed by atoms with E-state index in [1.807, 2.05) is 12.1 Å². The molecule has 0 heterocycles. The Morgan fingerprint density at radius 3 is 1.31 bits per heavy atom. The van der Waals surface area contributed by atoms with Gasteiger partial charge in [0.15, 0.2) is 0 Å². The van der Waals surface area contributed by atoms with Gasteiger partial charge in [-0.3, -0.25) is 9.44 Å². The van der Waals surface area contributed by atoms with Gasteiger partial charge >= 0.3 is 11.9 Å². The Kier molecular flexibility index (Phi) is 14.7. The highest BCUT2D eigenvalue weighted by Crippen LogP contribution is 2.25. The van der Waals surface area contributed by atoms with E-state index in [4.69, 9.17) is 10.2 Å². The van der Waals surface area contributed by atoms with Gasteiger partial charge in [0.05, 0.1) is 22.5 Å². The molecule has 10 nitrogen and oxygen atoms in total. The maximum atomic E-state index is 13.9. The summed E-state index contributed by atoms with van der Waals surface area (Å²) in [6.07, 6.45) is 3.98. The topological polar surface area (TPSA) is 167 Å². The van der Waals surface area contributed by atoms with Gasteiger partial charge in [-0.15, -0.1) is 0 Å². The number of halogens is 3. The van der Waals surface area contributed by atoms with E-state index in [9.17, 15) is 39.6 Å². The van der Waals surface area contributed by atoms with Crippen LogP contribution in [0.25, 0.3) is 0 Å². The van der Waals surface area contributed by atoms with Crippen LogP contribution in [0.5, 0.6) is 0 Å². The van der Waals surface area contributed by atoms with Crippen molar-refractivity contribution in [3.63, 3.8) is 0 Å². The number of sulfonamides is 2. The van der Waals surface area contributed by atoms with Gasteiger partial charge < -0.3 is 10.2 Å². The van der Waals surface area contributed by atoms with Gasteiger partial charge in [0, 0.05) is 6.07 Å². The molecule has 0 atom stereocenters. The number of benzene rings is 6. The van der Waals surface area contributed by atoms with Crippen LogP contribution in [0, 0.1) is 17.5 Å². The minimum atomic E-state index is -4.22. The molecule has 0 fully saturated rings. The van der Waals surface area contributed by atoms with Crippen LogP contribution in [0.2, 0.25) is 0 Å². The Morgan fingerprint density at radius 1 is 0.475 bits per heavy atom. The largest absolute Gasteiger partial charge is 0.478 e. The van der Waals surface area contributed by atoms with Crippen molar-refractivity contribution < 1.29 is 49.8 Å². The second-order valence-corrected chi connectivity index (χ2v) is 16.5. The van der Waals surface area contributed by atoms with E-state index >= 15 is 0 Å². The smallest absolute Gasteiger partial charge is 0.335 e. The predicted octanol–water partition coefficient (Wildman–Crippen LogP) is 9.14. The Hall–Kier alpha value is -6.45. The Balaban J connectivity index is 0.000000224. The second-order valence-electron chi connectivity index (χ2n) is 13.2. The van der Waals surface area contributed by atoms with E-state index in [2.05, 4.69) is 9.44 Å². The third-order valence-corrected chi connectivity index (χ3v) is 11.9. The third-order valence-electron chi connectivity index (χ3n) is 9.06. The lowest BCUT2D eigenvalue weighted by molar-refractivity contribution is 0.0686. The number of carboxylic acids is 2. The highest BCUT2D eigenvalue weighted by molar-refractivity contribution is 7.93. The molecule has 59 heavy (non-hydrogen) atoms. The maximum Gasteiger partial charge on any atom is 0.335 e. The van der Waals surface area contributed by atoms with Crippen molar-refractivity contribution in [2.75, 3.05) is 9.44 Å². The lowest BCUT2D eigenvalue weighted by atomic mass is 10.0. The summed E-state index contributed by atoms with van der Waals surface area (Å²) >= 11 is 0. The molecule has 0 radical (unpaired) electrons. The summed E-state index contributed by atoms with van der Waals surface area (Å²) < 4.78 is 96.0. The predicted molar refractivity (Wildman–Crippen MR) is 218 cm³/mol. The summed E-state index contributed by atoms with van der Waals surface area (Å²) in [5.41, 5.74) is 4.68. The zero-order valence-corrected chi connectivity index (χ0v) is 32.9. The van der Waals surface area contributed by atoms with Crippen LogP contribution in [-0.4, -0.2) is 39.0 Å². The van der Waals surface area contributed by atoms with Crippen LogP contribution in [0.1, 0.15) is 55.8 Å². The fraction of sp³-hybridized carbons (Fsp3) is 0.136. The maximum absolute atomic E-state index is 13.9. The number of carboxylic acid groups (broad SMARTS) is 2. The molecule has 306 valence electrons. The van der Waals surface area contributed by atoms with E-state index in [0.717, 1.165) is 46.9 Å². The van der Waals surface area contributed by atoms with Crippen molar-refractivity contribution in [2.24, 2.45) is 0 Å². The van der Waals surface area contributed by atoms with Crippen LogP contribution >= 0.6 is 0 Å². The summed E-state index contributed by atoms with van der Waals surface area (Å²) in [5.74, 6) is -4.77. The van der Waals surface area contributed by atoms with Gasteiger partial charge in [0.2, 0.25) is 0 Å². The number of anilines is 2. The second kappa shape index (κ2) is 19.8. The molecule has 0 aromatic heterocycles. The molecule has 0 aliphatic rings. The first kappa shape index (κ1) is 43.7. The third kappa shape index (κ3) is 12.3. The van der Waals surface area contributed by atoms with Crippen LogP contribution in [0.4, 0.5) is 24.5 Å². The molecule has 0 amide bonds. The first-order chi connectivity index (χ1) is 28.1. The molecule has 0 unspecified atom stereocenters. The first-order valence-corrected chi connectivity index (χ1v) is 21.1. The van der Waals surface area contributed by atoms with Crippen molar-refractivity contribution in [3.05, 3.63) is 190 Å². The van der Waals surface area contributed by atoms with Gasteiger partial charge in [-0.2, -0.15) is 0 Å². The minimum absolute atomic E-state index is 0.214. The lowest BCUT2D eigenvalue weighted by Crippen LogP contribution is -2.16. The molecule has 0 saturated heterocycles. The Morgan fingerprint density at radius 2 is 0.881 bits per heavy atom. The van der Waals surface area contributed by atoms with Crippen LogP contribution in [-0.2, 0) is 45.7 Å². The number of aryl methyl sites for hydroxylation is 4. The molecule has 0 aliphatic carbocycles. The molecular formula is C44H39F3N2O8S2. The number of hydrogen-bond acceptors (Lipinski definition) is 6. The van der Waals surface area contributed by atoms with Crippen LogP contribution in [0.15, 0.2) is 149 Å². The molecule has 6 aromatic carbocycles. The highest BCUT2D eigenvalue weighted by Gasteiger charge is 2.22. The van der Waals surface area contributed by atoms with Gasteiger partial charge in [-0.05, 0) is 121 Å². The zero-order valence-electron chi connectivity index (χ0n) is 31.3. The quantitative estimate of drug-likeness (QED) is 0.0749. The molecule has 4 N–H and O–H groups in total. The standard InChI is InChI=1S/C22H19F2NO4S.C22H20FNO4S/c23-18-12-13-21(19(24)14-18)30(28,29)25-20-7-2-1-5-16(20)6-3-4-15-8-10-17(11-9-15)22(26)27;23-19-9-2-4-11-21(19)29(27,28)24-20-10-3-1-7-17(20)8-5-6-16-12-14-18(15-13-16)22(25)26/h1-2,5,7-14,25H,3-4,6H2,(H,26,27);1-4,7,9-15,24H,5-6,8H2,(H,25,26). The van der Waals surface area contributed by atoms with E-state index in [-0.39, 0.29) is 11.1 Å². The summed E-state index contributed by atoms with van der Waals surface area (Å²) in [7, 11) is -8.26. The molecule has 0 bridgehead atoms. The Labute approximate surface area is 340 Å². The SMILES string of the molecule is O=C(O)c1ccc(CCCc2ccccc2NS(=O)(=O)c2ccc(F)cc2F)cc1.O=C(O)c1ccc(CCCc2ccccc2NS(=O)(=O)c2ccccc2F)cc1. The van der Waals surface area contributed by atoms with E-state index in [0.29, 0.717) is 49.5 Å². The van der Waals surface area contributed by atoms with Crippen LogP contribution < -0.4 is 9.44 Å². The van der Waals surface area contributed by atoms with Gasteiger partial charge in [0.25, 0.3) is 20.0 Å². The number of aromatic carboxylic acids is 2. The molecule has 6 aromatic rings. The fourth-order valence-corrected chi connectivity index (χ4v) is 8.37. The molecule has 0 saturated carbocycles. The summed E-state index contributed by atoms with van der Waals surface area (Å²) in [5, 5.41) is 17.9. The molecule has 15 heteroatoms. The van der Waals surface area contributed by atoms with Gasteiger partial charge in [-0.1, -0.05) is 72.8 Å². The lowest BCUT2D eigenvalue weighted by Gasteiger charge is -2.13. The summed E-state index contributed by atoms with van der Waals surface area (Å²) in [6.45, 7) is 0. The van der Waals surface area contributed by atoms with Crippen molar-refractivity contribution in [3.8, 4) is 0 Å². The van der Waals surface area contributed by atoms with Crippen molar-refractivity contribution in [2.45, 2.75) is 48.3 Å². The molecule has 6 rings (SSSR count).